The van der Waals surface area contributed by atoms with Crippen LogP contribution in [-0.2, 0) is 9.59 Å². The van der Waals surface area contributed by atoms with Crippen LogP contribution in [0.15, 0.2) is 72.3 Å². The van der Waals surface area contributed by atoms with Crippen molar-refractivity contribution in [1.29, 1.82) is 0 Å². The van der Waals surface area contributed by atoms with Crippen LogP contribution < -0.4 is 14.4 Å². The third kappa shape index (κ3) is 3.91. The van der Waals surface area contributed by atoms with E-state index in [0.29, 0.717) is 33.3 Å². The summed E-state index contributed by atoms with van der Waals surface area (Å²) in [7, 11) is 3.10. The number of hydrogen-bond donors (Lipinski definition) is 1. The van der Waals surface area contributed by atoms with Crippen molar-refractivity contribution in [2.45, 2.75) is 13.0 Å². The van der Waals surface area contributed by atoms with Crippen LogP contribution in [0.4, 0.5) is 5.13 Å². The summed E-state index contributed by atoms with van der Waals surface area (Å²) in [6, 6.07) is 18.9. The molecule has 3 aromatic carbocycles. The Morgan fingerprint density at radius 3 is 2.40 bits per heavy atom. The Kier molecular flexibility index (Phi) is 5.74. The number of aryl methyl sites for hydroxylation is 1. The number of aliphatic hydroxyl groups is 1. The van der Waals surface area contributed by atoms with Gasteiger partial charge in [0.25, 0.3) is 5.78 Å². The molecule has 1 unspecified atom stereocenters. The number of Topliss-reactive ketones (excluding diaryl/α,β-unsaturated/α-hetero) is 1. The number of amides is 1. The number of rotatable bonds is 5. The zero-order valence-corrected chi connectivity index (χ0v) is 20.1. The van der Waals surface area contributed by atoms with E-state index in [-0.39, 0.29) is 11.3 Å². The third-order valence-corrected chi connectivity index (χ3v) is 6.99. The molecule has 7 nitrogen and oxygen atoms in total. The molecule has 35 heavy (non-hydrogen) atoms. The Morgan fingerprint density at radius 2 is 1.69 bits per heavy atom. The predicted molar refractivity (Wildman–Crippen MR) is 135 cm³/mol. The Morgan fingerprint density at radius 1 is 0.971 bits per heavy atom. The molecule has 1 saturated heterocycles. The average molecular weight is 487 g/mol. The summed E-state index contributed by atoms with van der Waals surface area (Å²) in [5.74, 6) is -0.588. The lowest BCUT2D eigenvalue weighted by atomic mass is 9.95. The first-order valence-electron chi connectivity index (χ1n) is 10.9. The molecule has 1 amide bonds. The summed E-state index contributed by atoms with van der Waals surface area (Å²) in [5, 5.41) is 11.6. The van der Waals surface area contributed by atoms with Gasteiger partial charge in [0.1, 0.15) is 17.3 Å². The van der Waals surface area contributed by atoms with E-state index in [4.69, 9.17) is 9.47 Å². The highest BCUT2D eigenvalue weighted by Crippen LogP contribution is 2.44. The maximum absolute atomic E-state index is 13.4. The molecular weight excluding hydrogens is 464 g/mol. The van der Waals surface area contributed by atoms with Gasteiger partial charge >= 0.3 is 5.91 Å². The normalized spacial score (nSPS) is 17.2. The monoisotopic (exact) mass is 486 g/mol. The number of ketones is 1. The summed E-state index contributed by atoms with van der Waals surface area (Å²) < 4.78 is 11.4. The Bertz CT molecular complexity index is 1490. The molecule has 2 heterocycles. The molecule has 1 aliphatic rings. The number of nitrogens with zero attached hydrogens (tertiary/aromatic N) is 2. The van der Waals surface area contributed by atoms with Gasteiger partial charge in [-0.1, -0.05) is 53.3 Å². The van der Waals surface area contributed by atoms with Crippen LogP contribution in [0.3, 0.4) is 0 Å². The molecule has 0 bridgehead atoms. The molecule has 4 aromatic rings. The van der Waals surface area contributed by atoms with Crippen LogP contribution in [0.25, 0.3) is 16.0 Å². The SMILES string of the molecule is COc1cccc(/C(O)=C2\C(=O)C(=O)N(c3nc4ccc(OC)cc4s3)C2c2ccc(C)cc2)c1. The molecule has 1 atom stereocenters. The second-order valence-electron chi connectivity index (χ2n) is 8.14. The second-order valence-corrected chi connectivity index (χ2v) is 9.15. The quantitative estimate of drug-likeness (QED) is 0.236. The van der Waals surface area contributed by atoms with Gasteiger partial charge in [0.15, 0.2) is 5.13 Å². The minimum Gasteiger partial charge on any atom is -0.507 e. The van der Waals surface area contributed by atoms with Gasteiger partial charge in [-0.15, -0.1) is 0 Å². The van der Waals surface area contributed by atoms with Gasteiger partial charge < -0.3 is 14.6 Å². The van der Waals surface area contributed by atoms with Gasteiger partial charge in [-0.3, -0.25) is 14.5 Å². The second kappa shape index (κ2) is 8.88. The minimum atomic E-state index is -0.843. The lowest BCUT2D eigenvalue weighted by molar-refractivity contribution is -0.132. The van der Waals surface area contributed by atoms with Crippen molar-refractivity contribution in [1.82, 2.24) is 4.98 Å². The van der Waals surface area contributed by atoms with Crippen molar-refractivity contribution >= 4 is 44.1 Å². The molecule has 8 heteroatoms. The summed E-state index contributed by atoms with van der Waals surface area (Å²) >= 11 is 1.28. The highest BCUT2D eigenvalue weighted by Gasteiger charge is 2.48. The van der Waals surface area contributed by atoms with Gasteiger partial charge in [-0.05, 0) is 42.8 Å². The average Bonchev–Trinajstić information content (AvgIpc) is 3.41. The van der Waals surface area contributed by atoms with Gasteiger partial charge in [0.05, 0.1) is 36.1 Å². The van der Waals surface area contributed by atoms with Crippen molar-refractivity contribution in [3.05, 3.63) is 89.0 Å². The van der Waals surface area contributed by atoms with E-state index in [0.717, 1.165) is 10.3 Å². The van der Waals surface area contributed by atoms with Crippen LogP contribution in [-0.4, -0.2) is 36.0 Å². The zero-order valence-electron chi connectivity index (χ0n) is 19.3. The Labute approximate surface area is 205 Å². The maximum Gasteiger partial charge on any atom is 0.301 e. The number of aromatic nitrogens is 1. The number of thiazole rings is 1. The predicted octanol–water partition coefficient (Wildman–Crippen LogP) is 5.25. The van der Waals surface area contributed by atoms with Crippen molar-refractivity contribution in [3.8, 4) is 11.5 Å². The first-order chi connectivity index (χ1) is 16.9. The maximum atomic E-state index is 13.4. The summed E-state index contributed by atoms with van der Waals surface area (Å²) in [5.41, 5.74) is 2.79. The minimum absolute atomic E-state index is 0.00365. The fourth-order valence-electron chi connectivity index (χ4n) is 4.14. The highest BCUT2D eigenvalue weighted by atomic mass is 32.1. The van der Waals surface area contributed by atoms with Crippen molar-refractivity contribution in [2.24, 2.45) is 0 Å². The fraction of sp³-hybridized carbons (Fsp3) is 0.148. The van der Waals surface area contributed by atoms with Crippen molar-refractivity contribution in [2.75, 3.05) is 19.1 Å². The fourth-order valence-corrected chi connectivity index (χ4v) is 5.16. The van der Waals surface area contributed by atoms with E-state index in [1.165, 1.54) is 23.3 Å². The largest absolute Gasteiger partial charge is 0.507 e. The van der Waals surface area contributed by atoms with Crippen LogP contribution in [0.5, 0.6) is 11.5 Å². The first-order valence-corrected chi connectivity index (χ1v) is 11.7. The molecular formula is C27H22N2O5S. The number of carbonyl (C=O) groups excluding carboxylic acids is 2. The standard InChI is InChI=1S/C27H22N2O5S/c1-15-7-9-16(10-8-15)23-22(24(30)17-5-4-6-18(13-17)33-2)25(31)26(32)29(23)27-28-20-12-11-19(34-3)14-21(20)35-27/h4-14,23,30H,1-3H3/b24-22+. The molecule has 1 aliphatic heterocycles. The number of methoxy groups -OCH3 is 2. The molecule has 1 fully saturated rings. The number of ether oxygens (including phenoxy) is 2. The van der Waals surface area contributed by atoms with Gasteiger partial charge in [-0.25, -0.2) is 4.98 Å². The Balaban J connectivity index is 1.71. The molecule has 176 valence electrons. The molecule has 1 aromatic heterocycles. The van der Waals surface area contributed by atoms with E-state index in [2.05, 4.69) is 4.98 Å². The molecule has 1 N–H and O–H groups in total. The van der Waals surface area contributed by atoms with Crippen LogP contribution in [0, 0.1) is 6.92 Å². The first kappa shape index (κ1) is 22.6. The number of fused-ring (bicyclic) bond motifs is 1. The van der Waals surface area contributed by atoms with Crippen LogP contribution in [0.2, 0.25) is 0 Å². The summed E-state index contributed by atoms with van der Waals surface area (Å²) in [6.07, 6.45) is 0. The third-order valence-electron chi connectivity index (χ3n) is 5.97. The number of hydrogen-bond acceptors (Lipinski definition) is 7. The summed E-state index contributed by atoms with van der Waals surface area (Å²) in [6.45, 7) is 1.96. The van der Waals surface area contributed by atoms with Gasteiger partial charge in [-0.2, -0.15) is 0 Å². The van der Waals surface area contributed by atoms with Crippen molar-refractivity contribution < 1.29 is 24.2 Å². The van der Waals surface area contributed by atoms with E-state index in [1.807, 2.05) is 43.3 Å². The number of carbonyl (C=O) groups is 2. The van der Waals surface area contributed by atoms with E-state index < -0.39 is 17.7 Å². The van der Waals surface area contributed by atoms with E-state index >= 15 is 0 Å². The smallest absolute Gasteiger partial charge is 0.301 e. The molecule has 0 aliphatic carbocycles. The van der Waals surface area contributed by atoms with Crippen molar-refractivity contribution in [3.63, 3.8) is 0 Å². The lowest BCUT2D eigenvalue weighted by Gasteiger charge is -2.23. The van der Waals surface area contributed by atoms with Gasteiger partial charge in [0.2, 0.25) is 0 Å². The molecule has 5 rings (SSSR count). The van der Waals surface area contributed by atoms with Gasteiger partial charge in [0, 0.05) is 5.56 Å². The molecule has 0 saturated carbocycles. The number of benzene rings is 3. The molecule has 0 radical (unpaired) electrons. The Hall–Kier alpha value is -4.17. The zero-order chi connectivity index (χ0) is 24.7. The lowest BCUT2D eigenvalue weighted by Crippen LogP contribution is -2.29. The van der Waals surface area contributed by atoms with Crippen LogP contribution >= 0.6 is 11.3 Å². The topological polar surface area (TPSA) is 89.0 Å². The molecule has 0 spiro atoms. The highest BCUT2D eigenvalue weighted by molar-refractivity contribution is 7.22. The van der Waals surface area contributed by atoms with Crippen LogP contribution in [0.1, 0.15) is 22.7 Å². The summed E-state index contributed by atoms with van der Waals surface area (Å²) in [4.78, 5) is 32.7. The van der Waals surface area contributed by atoms with E-state index in [1.54, 1.807) is 37.4 Å². The number of aliphatic hydroxyl groups excluding tert-OH is 1. The van der Waals surface area contributed by atoms with E-state index in [9.17, 15) is 14.7 Å². The number of anilines is 1.